The van der Waals surface area contributed by atoms with Crippen LogP contribution in [0.25, 0.3) is 0 Å². The van der Waals surface area contributed by atoms with E-state index >= 15 is 0 Å². The standard InChI is InChI=1S/C14H22O3/c1-14(2,3)13(17-5)12(15)10-8-6-7-9-11(10)16-4/h6-9,12-13,15H,1-5H3. The molecule has 0 amide bonds. The summed E-state index contributed by atoms with van der Waals surface area (Å²) in [6, 6.07) is 7.47. The topological polar surface area (TPSA) is 38.7 Å². The molecule has 0 spiro atoms. The van der Waals surface area contributed by atoms with Gasteiger partial charge in [-0.1, -0.05) is 39.0 Å². The zero-order valence-electron chi connectivity index (χ0n) is 11.2. The van der Waals surface area contributed by atoms with E-state index < -0.39 is 6.10 Å². The molecule has 2 atom stereocenters. The first-order valence-electron chi connectivity index (χ1n) is 5.75. The fourth-order valence-electron chi connectivity index (χ4n) is 2.03. The molecule has 1 aromatic rings. The van der Waals surface area contributed by atoms with Crippen molar-refractivity contribution in [1.29, 1.82) is 0 Å². The molecule has 1 N–H and O–H groups in total. The normalized spacial score (nSPS) is 15.4. The Labute approximate surface area is 103 Å². The number of aliphatic hydroxyl groups is 1. The number of hydrogen-bond donors (Lipinski definition) is 1. The number of benzene rings is 1. The van der Waals surface area contributed by atoms with Crippen LogP contribution in [0, 0.1) is 5.41 Å². The van der Waals surface area contributed by atoms with Crippen molar-refractivity contribution in [3.05, 3.63) is 29.8 Å². The highest BCUT2D eigenvalue weighted by Crippen LogP contribution is 2.35. The lowest BCUT2D eigenvalue weighted by Crippen LogP contribution is -2.34. The third-order valence-corrected chi connectivity index (χ3v) is 2.85. The van der Waals surface area contributed by atoms with Gasteiger partial charge >= 0.3 is 0 Å². The van der Waals surface area contributed by atoms with Gasteiger partial charge in [0.15, 0.2) is 0 Å². The Hall–Kier alpha value is -1.06. The maximum atomic E-state index is 10.4. The van der Waals surface area contributed by atoms with Crippen molar-refractivity contribution < 1.29 is 14.6 Å². The van der Waals surface area contributed by atoms with Crippen LogP contribution in [0.2, 0.25) is 0 Å². The lowest BCUT2D eigenvalue weighted by atomic mass is 9.83. The first-order chi connectivity index (χ1) is 7.91. The fourth-order valence-corrected chi connectivity index (χ4v) is 2.03. The minimum atomic E-state index is -0.698. The molecular weight excluding hydrogens is 216 g/mol. The molecule has 0 heterocycles. The summed E-state index contributed by atoms with van der Waals surface area (Å²) >= 11 is 0. The summed E-state index contributed by atoms with van der Waals surface area (Å²) < 4.78 is 10.7. The Kier molecular flexibility index (Phi) is 4.54. The van der Waals surface area contributed by atoms with E-state index in [9.17, 15) is 5.11 Å². The van der Waals surface area contributed by atoms with Gasteiger partial charge in [-0.2, -0.15) is 0 Å². The quantitative estimate of drug-likeness (QED) is 0.876. The number of hydrogen-bond acceptors (Lipinski definition) is 3. The third kappa shape index (κ3) is 3.20. The predicted molar refractivity (Wildman–Crippen MR) is 68.2 cm³/mol. The van der Waals surface area contributed by atoms with Gasteiger partial charge in [0.25, 0.3) is 0 Å². The fraction of sp³-hybridized carbons (Fsp3) is 0.571. The Morgan fingerprint density at radius 2 is 1.71 bits per heavy atom. The molecule has 0 saturated carbocycles. The minimum absolute atomic E-state index is 0.144. The third-order valence-electron chi connectivity index (χ3n) is 2.85. The molecule has 3 heteroatoms. The molecule has 96 valence electrons. The first kappa shape index (κ1) is 14.0. The van der Waals surface area contributed by atoms with E-state index in [2.05, 4.69) is 0 Å². The van der Waals surface area contributed by atoms with Crippen LogP contribution in [0.4, 0.5) is 0 Å². The van der Waals surface area contributed by atoms with E-state index in [1.54, 1.807) is 14.2 Å². The summed E-state index contributed by atoms with van der Waals surface area (Å²) in [5.41, 5.74) is 0.617. The van der Waals surface area contributed by atoms with Gasteiger partial charge in [-0.25, -0.2) is 0 Å². The lowest BCUT2D eigenvalue weighted by Gasteiger charge is -2.33. The maximum absolute atomic E-state index is 10.4. The largest absolute Gasteiger partial charge is 0.496 e. The zero-order valence-corrected chi connectivity index (χ0v) is 11.2. The predicted octanol–water partition coefficient (Wildman–Crippen LogP) is 2.79. The summed E-state index contributed by atoms with van der Waals surface area (Å²) in [4.78, 5) is 0. The SMILES string of the molecule is COc1ccccc1C(O)C(OC)C(C)(C)C. The summed E-state index contributed by atoms with van der Waals surface area (Å²) in [5.74, 6) is 0.686. The van der Waals surface area contributed by atoms with Gasteiger partial charge in [0.1, 0.15) is 11.9 Å². The van der Waals surface area contributed by atoms with E-state index in [1.807, 2.05) is 45.0 Å². The highest BCUT2D eigenvalue weighted by Gasteiger charge is 2.33. The highest BCUT2D eigenvalue weighted by atomic mass is 16.5. The van der Waals surface area contributed by atoms with Gasteiger partial charge in [0.2, 0.25) is 0 Å². The van der Waals surface area contributed by atoms with Crippen molar-refractivity contribution in [3.63, 3.8) is 0 Å². The molecule has 0 aliphatic carbocycles. The smallest absolute Gasteiger partial charge is 0.124 e. The molecule has 17 heavy (non-hydrogen) atoms. The number of aliphatic hydroxyl groups excluding tert-OH is 1. The Morgan fingerprint density at radius 3 is 2.18 bits per heavy atom. The van der Waals surface area contributed by atoms with Crippen LogP contribution >= 0.6 is 0 Å². The molecule has 3 nitrogen and oxygen atoms in total. The monoisotopic (exact) mass is 238 g/mol. The second kappa shape index (κ2) is 5.52. The Bertz CT molecular complexity index is 355. The molecule has 1 aromatic carbocycles. The van der Waals surface area contributed by atoms with E-state index in [-0.39, 0.29) is 11.5 Å². The molecular formula is C14H22O3. The van der Waals surface area contributed by atoms with Crippen molar-refractivity contribution in [2.75, 3.05) is 14.2 Å². The van der Waals surface area contributed by atoms with Gasteiger partial charge in [-0.3, -0.25) is 0 Å². The number of ether oxygens (including phenoxy) is 2. The minimum Gasteiger partial charge on any atom is -0.496 e. The molecule has 0 fully saturated rings. The summed E-state index contributed by atoms with van der Waals surface area (Å²) in [6.07, 6.45) is -0.977. The number of methoxy groups -OCH3 is 2. The van der Waals surface area contributed by atoms with Crippen molar-refractivity contribution in [2.45, 2.75) is 33.0 Å². The zero-order chi connectivity index (χ0) is 13.1. The molecule has 0 aromatic heterocycles. The van der Waals surface area contributed by atoms with Crippen molar-refractivity contribution in [3.8, 4) is 5.75 Å². The second-order valence-electron chi connectivity index (χ2n) is 5.21. The Balaban J connectivity index is 3.06. The van der Waals surface area contributed by atoms with E-state index in [1.165, 1.54) is 0 Å². The average Bonchev–Trinajstić information content (AvgIpc) is 2.27. The average molecular weight is 238 g/mol. The summed E-state index contributed by atoms with van der Waals surface area (Å²) in [7, 11) is 3.22. The van der Waals surface area contributed by atoms with Gasteiger partial charge < -0.3 is 14.6 Å². The molecule has 0 radical (unpaired) electrons. The molecule has 0 aliphatic heterocycles. The van der Waals surface area contributed by atoms with Crippen LogP contribution in [0.3, 0.4) is 0 Å². The lowest BCUT2D eigenvalue weighted by molar-refractivity contribution is -0.0730. The summed E-state index contributed by atoms with van der Waals surface area (Å²) in [6.45, 7) is 6.12. The van der Waals surface area contributed by atoms with Crippen molar-refractivity contribution in [1.82, 2.24) is 0 Å². The second-order valence-corrected chi connectivity index (χ2v) is 5.21. The van der Waals surface area contributed by atoms with Gasteiger partial charge in [0, 0.05) is 12.7 Å². The van der Waals surface area contributed by atoms with E-state index in [4.69, 9.17) is 9.47 Å². The first-order valence-corrected chi connectivity index (χ1v) is 5.75. The van der Waals surface area contributed by atoms with Crippen LogP contribution in [0.5, 0.6) is 5.75 Å². The van der Waals surface area contributed by atoms with Gasteiger partial charge in [-0.05, 0) is 11.5 Å². The van der Waals surface area contributed by atoms with Crippen LogP contribution in [-0.4, -0.2) is 25.4 Å². The van der Waals surface area contributed by atoms with Crippen LogP contribution < -0.4 is 4.74 Å². The van der Waals surface area contributed by atoms with E-state index in [0.717, 1.165) is 5.56 Å². The van der Waals surface area contributed by atoms with Crippen LogP contribution in [0.15, 0.2) is 24.3 Å². The van der Waals surface area contributed by atoms with Crippen molar-refractivity contribution >= 4 is 0 Å². The molecule has 1 rings (SSSR count). The summed E-state index contributed by atoms with van der Waals surface area (Å²) in [5, 5.41) is 10.4. The van der Waals surface area contributed by atoms with Gasteiger partial charge in [0.05, 0.1) is 13.2 Å². The number of para-hydroxylation sites is 1. The molecule has 0 saturated heterocycles. The van der Waals surface area contributed by atoms with Crippen LogP contribution in [-0.2, 0) is 4.74 Å². The Morgan fingerprint density at radius 1 is 1.12 bits per heavy atom. The maximum Gasteiger partial charge on any atom is 0.124 e. The molecule has 0 aliphatic rings. The molecule has 0 bridgehead atoms. The van der Waals surface area contributed by atoms with Crippen LogP contribution in [0.1, 0.15) is 32.4 Å². The molecule has 2 unspecified atom stereocenters. The highest BCUT2D eigenvalue weighted by molar-refractivity contribution is 5.35. The van der Waals surface area contributed by atoms with Gasteiger partial charge in [-0.15, -0.1) is 0 Å². The van der Waals surface area contributed by atoms with Crippen molar-refractivity contribution in [2.24, 2.45) is 5.41 Å². The van der Waals surface area contributed by atoms with E-state index in [0.29, 0.717) is 5.75 Å². The number of rotatable bonds is 4.